The van der Waals surface area contributed by atoms with E-state index in [9.17, 15) is 9.59 Å². The number of fused-ring (bicyclic) bond motifs is 1. The van der Waals surface area contributed by atoms with Gasteiger partial charge in [0, 0.05) is 16.9 Å². The Morgan fingerprint density at radius 1 is 1.09 bits per heavy atom. The van der Waals surface area contributed by atoms with E-state index in [-0.39, 0.29) is 5.78 Å². The van der Waals surface area contributed by atoms with Gasteiger partial charge in [-0.3, -0.25) is 4.79 Å². The minimum atomic E-state index is -0.561. The predicted octanol–water partition coefficient (Wildman–Crippen LogP) is 5.30. The number of carbonyl (C=O) groups is 2. The molecule has 2 aliphatic heterocycles. The van der Waals surface area contributed by atoms with Gasteiger partial charge in [0.1, 0.15) is 11.5 Å². The second-order valence-electron chi connectivity index (χ2n) is 7.83. The number of anilines is 1. The summed E-state index contributed by atoms with van der Waals surface area (Å²) in [4.78, 5) is 27.9. The smallest absolute Gasteiger partial charge is 0.342 e. The van der Waals surface area contributed by atoms with Gasteiger partial charge in [0.05, 0.1) is 47.8 Å². The minimum absolute atomic E-state index is 0.142. The van der Waals surface area contributed by atoms with Crippen molar-refractivity contribution in [2.45, 2.75) is 30.6 Å². The average molecular weight is 462 g/mol. The van der Waals surface area contributed by atoms with Gasteiger partial charge in [-0.25, -0.2) is 4.79 Å². The van der Waals surface area contributed by atoms with E-state index < -0.39 is 11.9 Å². The number of benzene rings is 2. The van der Waals surface area contributed by atoms with Crippen molar-refractivity contribution in [1.82, 2.24) is 0 Å². The van der Waals surface area contributed by atoms with Crippen molar-refractivity contribution in [3.8, 4) is 5.75 Å². The third-order valence-electron chi connectivity index (χ3n) is 5.90. The summed E-state index contributed by atoms with van der Waals surface area (Å²) in [6.07, 6.45) is 2.49. The second kappa shape index (κ2) is 8.83. The third kappa shape index (κ3) is 3.82. The van der Waals surface area contributed by atoms with Crippen LogP contribution in [-0.2, 0) is 19.1 Å². The molecule has 0 amide bonds. The molecule has 0 spiro atoms. The molecule has 0 radical (unpaired) electrons. The summed E-state index contributed by atoms with van der Waals surface area (Å²) in [5.41, 5.74) is 3.28. The molecule has 33 heavy (non-hydrogen) atoms. The van der Waals surface area contributed by atoms with Crippen molar-refractivity contribution in [2.75, 3.05) is 19.0 Å². The van der Waals surface area contributed by atoms with Crippen LogP contribution in [0, 0.1) is 0 Å². The Morgan fingerprint density at radius 2 is 1.88 bits per heavy atom. The van der Waals surface area contributed by atoms with Crippen molar-refractivity contribution in [3.63, 3.8) is 0 Å². The van der Waals surface area contributed by atoms with Crippen LogP contribution in [0.4, 0.5) is 5.69 Å². The summed E-state index contributed by atoms with van der Waals surface area (Å²) in [5.74, 6) is 0.0193. The molecule has 0 aromatic heterocycles. The molecule has 1 atom stereocenters. The number of allylic oxidation sites excluding steroid dienone is 3. The zero-order chi connectivity index (χ0) is 22.9. The monoisotopic (exact) mass is 461 g/mol. The number of Topliss-reactive ketones (excluding diaryl/α,β-unsaturated/α-hetero) is 1. The number of nitrogens with one attached hydrogen (secondary N) is 1. The molecule has 2 aromatic carbocycles. The van der Waals surface area contributed by atoms with Gasteiger partial charge < -0.3 is 19.5 Å². The molecule has 1 aliphatic carbocycles. The summed E-state index contributed by atoms with van der Waals surface area (Å²) in [6, 6.07) is 15.3. The van der Waals surface area contributed by atoms with Crippen LogP contribution in [0.15, 0.2) is 87.2 Å². The van der Waals surface area contributed by atoms with E-state index in [0.29, 0.717) is 52.7 Å². The Bertz CT molecular complexity index is 1200. The lowest BCUT2D eigenvalue weighted by Gasteiger charge is -2.33. The summed E-state index contributed by atoms with van der Waals surface area (Å²) >= 11 is 1.48. The number of thioether (sulfide) groups is 1. The van der Waals surface area contributed by atoms with E-state index in [1.807, 2.05) is 55.5 Å². The Hall–Kier alpha value is -3.45. The number of hydrogen-bond donors (Lipinski definition) is 1. The highest BCUT2D eigenvalue weighted by molar-refractivity contribution is 8.03. The Labute approximate surface area is 196 Å². The van der Waals surface area contributed by atoms with Crippen LogP contribution in [0.2, 0.25) is 0 Å². The van der Waals surface area contributed by atoms with E-state index in [2.05, 4.69) is 5.32 Å². The van der Waals surface area contributed by atoms with Gasteiger partial charge in [-0.2, -0.15) is 0 Å². The largest absolute Gasteiger partial charge is 0.501 e. The SMILES string of the molecule is CCOC=C1CCC2=C(C1=O)C(c1ccc(OC)cc1)/C(=C1/Nc3ccccc3S1)C(=O)O2. The van der Waals surface area contributed by atoms with Crippen LogP contribution in [0.5, 0.6) is 5.75 Å². The molecular weight excluding hydrogens is 438 g/mol. The number of rotatable bonds is 4. The van der Waals surface area contributed by atoms with Gasteiger partial charge in [0.15, 0.2) is 5.78 Å². The predicted molar refractivity (Wildman–Crippen MR) is 126 cm³/mol. The first-order valence-electron chi connectivity index (χ1n) is 10.8. The van der Waals surface area contributed by atoms with E-state index in [0.717, 1.165) is 16.1 Å². The van der Waals surface area contributed by atoms with Crippen molar-refractivity contribution in [3.05, 3.63) is 87.9 Å². The molecule has 1 N–H and O–H groups in total. The molecule has 0 bridgehead atoms. The van der Waals surface area contributed by atoms with Crippen molar-refractivity contribution in [1.29, 1.82) is 0 Å². The van der Waals surface area contributed by atoms with Crippen LogP contribution >= 0.6 is 11.8 Å². The lowest BCUT2D eigenvalue weighted by Crippen LogP contribution is -2.32. The van der Waals surface area contributed by atoms with Crippen LogP contribution in [0.3, 0.4) is 0 Å². The zero-order valence-electron chi connectivity index (χ0n) is 18.3. The number of carbonyl (C=O) groups excluding carboxylic acids is 2. The Balaban J connectivity index is 1.67. The normalized spacial score (nSPS) is 23.1. The molecule has 168 valence electrons. The van der Waals surface area contributed by atoms with Gasteiger partial charge in [0.25, 0.3) is 0 Å². The standard InChI is InChI=1S/C26H23NO5S/c1-3-31-14-16-10-13-19-22(24(16)28)21(15-8-11-17(30-2)12-9-15)23(26(29)32-19)25-27-18-6-4-5-7-20(18)33-25/h4-9,11-12,14,21,27H,3,10,13H2,1-2H3/b16-14?,25-23+. The van der Waals surface area contributed by atoms with E-state index in [4.69, 9.17) is 14.2 Å². The minimum Gasteiger partial charge on any atom is -0.501 e. The van der Waals surface area contributed by atoms with E-state index in [1.165, 1.54) is 11.8 Å². The van der Waals surface area contributed by atoms with Gasteiger partial charge >= 0.3 is 5.97 Å². The fraction of sp³-hybridized carbons (Fsp3) is 0.231. The number of esters is 1. The fourth-order valence-corrected chi connectivity index (χ4v) is 5.38. The number of methoxy groups -OCH3 is 1. The second-order valence-corrected chi connectivity index (χ2v) is 8.88. The van der Waals surface area contributed by atoms with Crippen LogP contribution < -0.4 is 10.1 Å². The van der Waals surface area contributed by atoms with E-state index in [1.54, 1.807) is 13.4 Å². The molecule has 1 unspecified atom stereocenters. The highest BCUT2D eigenvalue weighted by atomic mass is 32.2. The molecule has 0 fully saturated rings. The Morgan fingerprint density at radius 3 is 2.61 bits per heavy atom. The lowest BCUT2D eigenvalue weighted by atomic mass is 9.76. The molecule has 2 heterocycles. The van der Waals surface area contributed by atoms with Gasteiger partial charge in [-0.1, -0.05) is 36.0 Å². The van der Waals surface area contributed by atoms with Gasteiger partial charge in [-0.15, -0.1) is 0 Å². The van der Waals surface area contributed by atoms with Crippen molar-refractivity contribution < 1.29 is 23.8 Å². The topological polar surface area (TPSA) is 73.9 Å². The summed E-state index contributed by atoms with van der Waals surface area (Å²) in [5, 5.41) is 4.04. The first-order valence-corrected chi connectivity index (χ1v) is 11.6. The number of hydrogen-bond acceptors (Lipinski definition) is 7. The van der Waals surface area contributed by atoms with Gasteiger partial charge in [0.2, 0.25) is 0 Å². The molecule has 0 saturated carbocycles. The zero-order valence-corrected chi connectivity index (χ0v) is 19.2. The maximum Gasteiger partial charge on any atom is 0.342 e. The molecule has 6 nitrogen and oxygen atoms in total. The first kappa shape index (κ1) is 21.4. The molecule has 3 aliphatic rings. The summed E-state index contributed by atoms with van der Waals surface area (Å²) < 4.78 is 16.5. The number of ether oxygens (including phenoxy) is 3. The van der Waals surface area contributed by atoms with E-state index >= 15 is 0 Å². The van der Waals surface area contributed by atoms with Crippen molar-refractivity contribution in [2.24, 2.45) is 0 Å². The molecule has 7 heteroatoms. The summed E-state index contributed by atoms with van der Waals surface area (Å²) in [6.45, 7) is 2.36. The molecule has 2 aromatic rings. The maximum absolute atomic E-state index is 13.6. The fourth-order valence-electron chi connectivity index (χ4n) is 4.31. The highest BCUT2D eigenvalue weighted by Gasteiger charge is 2.44. The highest BCUT2D eigenvalue weighted by Crippen LogP contribution is 2.50. The first-order chi connectivity index (χ1) is 16.1. The number of para-hydroxylation sites is 1. The van der Waals surface area contributed by atoms with Gasteiger partial charge in [-0.05, 0) is 43.2 Å². The van der Waals surface area contributed by atoms with Crippen molar-refractivity contribution >= 4 is 29.2 Å². The molecule has 5 rings (SSSR count). The Kier molecular flexibility index (Phi) is 5.72. The number of ketones is 1. The lowest BCUT2D eigenvalue weighted by molar-refractivity contribution is -0.136. The summed E-state index contributed by atoms with van der Waals surface area (Å²) in [7, 11) is 1.60. The molecular formula is C26H23NO5S. The molecule has 0 saturated heterocycles. The van der Waals surface area contributed by atoms with Crippen LogP contribution in [-0.4, -0.2) is 25.5 Å². The van der Waals surface area contributed by atoms with Crippen LogP contribution in [0.1, 0.15) is 31.2 Å². The maximum atomic E-state index is 13.6. The quantitative estimate of drug-likeness (QED) is 0.376. The third-order valence-corrected chi connectivity index (χ3v) is 7.01. The van der Waals surface area contributed by atoms with Crippen LogP contribution in [0.25, 0.3) is 0 Å². The average Bonchev–Trinajstić information content (AvgIpc) is 3.26.